The summed E-state index contributed by atoms with van der Waals surface area (Å²) < 4.78 is 0. The molecule has 0 saturated carbocycles. The summed E-state index contributed by atoms with van der Waals surface area (Å²) in [6, 6.07) is 6.30. The van der Waals surface area contributed by atoms with Gasteiger partial charge in [-0.25, -0.2) is 0 Å². The Morgan fingerprint density at radius 3 is 2.53 bits per heavy atom. The lowest BCUT2D eigenvalue weighted by Gasteiger charge is -2.31. The fourth-order valence-corrected chi connectivity index (χ4v) is 2.69. The molecule has 5 heteroatoms. The van der Waals surface area contributed by atoms with Gasteiger partial charge in [0.15, 0.2) is 0 Å². The van der Waals surface area contributed by atoms with Gasteiger partial charge in [-0.2, -0.15) is 0 Å². The van der Waals surface area contributed by atoms with E-state index in [1.165, 1.54) is 5.56 Å². The summed E-state index contributed by atoms with van der Waals surface area (Å²) in [6.07, 6.45) is 0. The minimum atomic E-state index is 0. The van der Waals surface area contributed by atoms with Crippen molar-refractivity contribution < 1.29 is 0 Å². The molecule has 2 nitrogen and oxygen atoms in total. The van der Waals surface area contributed by atoms with E-state index >= 15 is 0 Å². The maximum atomic E-state index is 5.98. The lowest BCUT2D eigenvalue weighted by molar-refractivity contribution is 0.199. The minimum absolute atomic E-state index is 0. The zero-order valence-corrected chi connectivity index (χ0v) is 12.1. The van der Waals surface area contributed by atoms with E-state index in [2.05, 4.69) is 17.1 Å². The molecule has 1 N–H and O–H groups in total. The third-order valence-corrected chi connectivity index (χ3v) is 3.22. The predicted octanol–water partition coefficient (Wildman–Crippen LogP) is 3.21. The van der Waals surface area contributed by atoms with Gasteiger partial charge in [0, 0.05) is 42.3 Å². The monoisotopic (exact) mass is 294 g/mol. The first-order valence-electron chi connectivity index (χ1n) is 5.54. The highest BCUT2D eigenvalue weighted by atomic mass is 35.5. The highest BCUT2D eigenvalue weighted by Crippen LogP contribution is 2.20. The van der Waals surface area contributed by atoms with Gasteiger partial charge in [-0.15, -0.1) is 12.4 Å². The lowest BCUT2D eigenvalue weighted by Crippen LogP contribution is -2.48. The summed E-state index contributed by atoms with van der Waals surface area (Å²) in [5.41, 5.74) is 1.19. The van der Waals surface area contributed by atoms with E-state index in [4.69, 9.17) is 23.2 Å². The van der Waals surface area contributed by atoms with Crippen LogP contribution in [-0.4, -0.2) is 30.6 Å². The number of benzene rings is 1. The van der Waals surface area contributed by atoms with Gasteiger partial charge in [0.2, 0.25) is 0 Å². The van der Waals surface area contributed by atoms with Gasteiger partial charge in [0.25, 0.3) is 0 Å². The molecule has 1 fully saturated rings. The van der Waals surface area contributed by atoms with Crippen LogP contribution in [0, 0.1) is 0 Å². The van der Waals surface area contributed by atoms with E-state index in [1.54, 1.807) is 6.07 Å². The Hall–Kier alpha value is 0.01000. The molecule has 17 heavy (non-hydrogen) atoms. The Bertz CT molecular complexity index is 351. The summed E-state index contributed by atoms with van der Waals surface area (Å²) in [5, 5.41) is 4.85. The van der Waals surface area contributed by atoms with Crippen LogP contribution in [0.1, 0.15) is 12.5 Å². The molecule has 0 amide bonds. The largest absolute Gasteiger partial charge is 0.312 e. The Morgan fingerprint density at radius 1 is 1.29 bits per heavy atom. The van der Waals surface area contributed by atoms with E-state index in [1.807, 2.05) is 12.1 Å². The smallest absolute Gasteiger partial charge is 0.0424 e. The first kappa shape index (κ1) is 15.1. The van der Waals surface area contributed by atoms with Gasteiger partial charge in [-0.3, -0.25) is 4.90 Å². The van der Waals surface area contributed by atoms with Crippen molar-refractivity contribution in [3.05, 3.63) is 33.8 Å². The third-order valence-electron chi connectivity index (χ3n) is 2.78. The second-order valence-corrected chi connectivity index (χ2v) is 5.24. The van der Waals surface area contributed by atoms with Crippen LogP contribution < -0.4 is 5.32 Å². The normalized spacial score (nSPS) is 21.0. The maximum absolute atomic E-state index is 5.98. The number of piperazine rings is 1. The van der Waals surface area contributed by atoms with E-state index in [-0.39, 0.29) is 12.4 Å². The number of hydrogen-bond acceptors (Lipinski definition) is 2. The molecule has 2 rings (SSSR count). The molecule has 1 aliphatic rings. The molecule has 1 aliphatic heterocycles. The van der Waals surface area contributed by atoms with Gasteiger partial charge < -0.3 is 5.32 Å². The van der Waals surface area contributed by atoms with E-state index in [0.29, 0.717) is 16.1 Å². The number of rotatable bonds is 2. The van der Waals surface area contributed by atoms with Crippen molar-refractivity contribution in [2.45, 2.75) is 19.5 Å². The van der Waals surface area contributed by atoms with Crippen LogP contribution in [0.25, 0.3) is 0 Å². The maximum Gasteiger partial charge on any atom is 0.0424 e. The van der Waals surface area contributed by atoms with Crippen molar-refractivity contribution in [1.82, 2.24) is 10.2 Å². The van der Waals surface area contributed by atoms with Crippen LogP contribution in [0.4, 0.5) is 0 Å². The molecule has 1 aromatic carbocycles. The van der Waals surface area contributed by atoms with Crippen LogP contribution in [0.5, 0.6) is 0 Å². The average Bonchev–Trinajstić information content (AvgIpc) is 2.15. The second kappa shape index (κ2) is 6.81. The molecule has 1 aromatic rings. The van der Waals surface area contributed by atoms with E-state index in [9.17, 15) is 0 Å². The van der Waals surface area contributed by atoms with Crippen LogP contribution in [0.3, 0.4) is 0 Å². The van der Waals surface area contributed by atoms with Crippen molar-refractivity contribution in [1.29, 1.82) is 0 Å². The molecular formula is C12H17Cl3N2. The van der Waals surface area contributed by atoms with E-state index in [0.717, 1.165) is 26.2 Å². The zero-order valence-electron chi connectivity index (χ0n) is 9.75. The predicted molar refractivity (Wildman–Crippen MR) is 76.5 cm³/mol. The molecule has 96 valence electrons. The van der Waals surface area contributed by atoms with Crippen LogP contribution >= 0.6 is 35.6 Å². The Balaban J connectivity index is 0.00000144. The van der Waals surface area contributed by atoms with Crippen LogP contribution in [0.2, 0.25) is 10.0 Å². The molecule has 1 heterocycles. The zero-order chi connectivity index (χ0) is 11.5. The number of nitrogens with one attached hydrogen (secondary N) is 1. The molecule has 0 aromatic heterocycles. The standard InChI is InChI=1S/C12H16Cl2N2.ClH/c1-9-7-16(3-2-15-9)8-10-4-11(13)6-12(14)5-10;/h4-6,9,15H,2-3,7-8H2,1H3;1H. The Labute approximate surface area is 119 Å². The molecule has 1 atom stereocenters. The molecule has 0 aliphatic carbocycles. The first-order chi connectivity index (χ1) is 7.63. The van der Waals surface area contributed by atoms with E-state index < -0.39 is 0 Å². The third kappa shape index (κ3) is 4.65. The minimum Gasteiger partial charge on any atom is -0.312 e. The highest BCUT2D eigenvalue weighted by molar-refractivity contribution is 6.34. The molecule has 0 bridgehead atoms. The summed E-state index contributed by atoms with van der Waals surface area (Å²) in [5.74, 6) is 0. The van der Waals surface area contributed by atoms with Crippen molar-refractivity contribution >= 4 is 35.6 Å². The highest BCUT2D eigenvalue weighted by Gasteiger charge is 2.15. The fourth-order valence-electron chi connectivity index (χ4n) is 2.12. The number of nitrogens with zero attached hydrogens (tertiary/aromatic N) is 1. The molecular weight excluding hydrogens is 279 g/mol. The van der Waals surface area contributed by atoms with Gasteiger partial charge >= 0.3 is 0 Å². The Morgan fingerprint density at radius 2 is 1.94 bits per heavy atom. The number of hydrogen-bond donors (Lipinski definition) is 1. The lowest BCUT2D eigenvalue weighted by atomic mass is 10.1. The quantitative estimate of drug-likeness (QED) is 0.901. The number of halogens is 3. The summed E-state index contributed by atoms with van der Waals surface area (Å²) >= 11 is 12.0. The van der Waals surface area contributed by atoms with Gasteiger partial charge in [0.05, 0.1) is 0 Å². The summed E-state index contributed by atoms with van der Waals surface area (Å²) in [6.45, 7) is 6.33. The second-order valence-electron chi connectivity index (χ2n) is 4.37. The average molecular weight is 296 g/mol. The van der Waals surface area contributed by atoms with Gasteiger partial charge in [-0.05, 0) is 30.7 Å². The summed E-state index contributed by atoms with van der Waals surface area (Å²) in [7, 11) is 0. The van der Waals surface area contributed by atoms with Crippen molar-refractivity contribution in [2.75, 3.05) is 19.6 Å². The molecule has 1 saturated heterocycles. The topological polar surface area (TPSA) is 15.3 Å². The Kier molecular flexibility index (Phi) is 6.04. The molecule has 0 radical (unpaired) electrons. The van der Waals surface area contributed by atoms with Gasteiger partial charge in [0.1, 0.15) is 0 Å². The molecule has 1 unspecified atom stereocenters. The first-order valence-corrected chi connectivity index (χ1v) is 6.30. The van der Waals surface area contributed by atoms with Crippen molar-refractivity contribution in [3.8, 4) is 0 Å². The van der Waals surface area contributed by atoms with Crippen molar-refractivity contribution in [2.24, 2.45) is 0 Å². The SMILES string of the molecule is CC1CN(Cc2cc(Cl)cc(Cl)c2)CCN1.Cl. The van der Waals surface area contributed by atoms with Crippen LogP contribution in [-0.2, 0) is 6.54 Å². The fraction of sp³-hybridized carbons (Fsp3) is 0.500. The van der Waals surface area contributed by atoms with Crippen molar-refractivity contribution in [3.63, 3.8) is 0 Å². The summed E-state index contributed by atoms with van der Waals surface area (Å²) in [4.78, 5) is 2.42. The van der Waals surface area contributed by atoms with Gasteiger partial charge in [-0.1, -0.05) is 23.2 Å². The molecule has 0 spiro atoms. The van der Waals surface area contributed by atoms with Crippen LogP contribution in [0.15, 0.2) is 18.2 Å².